The molecule has 2 aromatic carbocycles. The largest absolute Gasteiger partial charge is 0.302 e. The molecule has 0 saturated carbocycles. The number of rotatable bonds is 6. The van der Waals surface area contributed by atoms with Gasteiger partial charge in [-0.3, -0.25) is 4.79 Å². The lowest BCUT2D eigenvalue weighted by atomic mass is 10.2. The van der Waals surface area contributed by atoms with Crippen molar-refractivity contribution in [2.24, 2.45) is 0 Å². The summed E-state index contributed by atoms with van der Waals surface area (Å²) >= 11 is 4.68. The Hall–Kier alpha value is -2.03. The van der Waals surface area contributed by atoms with E-state index in [4.69, 9.17) is 0 Å². The van der Waals surface area contributed by atoms with Gasteiger partial charge in [-0.2, -0.15) is 0 Å². The number of halogens is 1. The number of sulfone groups is 1. The Morgan fingerprint density at radius 1 is 1.08 bits per heavy atom. The number of hydrogen-bond acceptors (Lipinski definition) is 5. The summed E-state index contributed by atoms with van der Waals surface area (Å²) in [4.78, 5) is 16.7. The zero-order chi connectivity index (χ0) is 18.6. The smallest absolute Gasteiger partial charge is 0.227 e. The number of amides is 1. The van der Waals surface area contributed by atoms with Crippen molar-refractivity contribution in [3.05, 3.63) is 64.5 Å². The van der Waals surface area contributed by atoms with E-state index in [1.807, 2.05) is 29.6 Å². The van der Waals surface area contributed by atoms with Crippen LogP contribution < -0.4 is 5.32 Å². The summed E-state index contributed by atoms with van der Waals surface area (Å²) in [6, 6.07) is 15.8. The average Bonchev–Trinajstić information content (AvgIpc) is 3.10. The van der Waals surface area contributed by atoms with Crippen molar-refractivity contribution in [3.63, 3.8) is 0 Å². The summed E-state index contributed by atoms with van der Waals surface area (Å²) in [6.07, 6.45) is -0.121. The van der Waals surface area contributed by atoms with E-state index in [9.17, 15) is 13.2 Å². The Morgan fingerprint density at radius 2 is 1.77 bits per heavy atom. The SMILES string of the molecule is O=C(CCS(=O)(=O)c1ccccc1)Nc1nc(-c2ccc(Br)cc2)cs1. The average molecular weight is 451 g/mol. The molecule has 0 atom stereocenters. The van der Waals surface area contributed by atoms with E-state index in [2.05, 4.69) is 26.2 Å². The van der Waals surface area contributed by atoms with Gasteiger partial charge < -0.3 is 5.32 Å². The number of carbonyl (C=O) groups excluding carboxylic acids is 1. The van der Waals surface area contributed by atoms with Gasteiger partial charge in [-0.1, -0.05) is 46.3 Å². The third-order valence-corrected chi connectivity index (χ3v) is 6.61. The predicted octanol–water partition coefficient (Wildman–Crippen LogP) is 4.38. The maximum absolute atomic E-state index is 12.2. The van der Waals surface area contributed by atoms with Crippen LogP contribution >= 0.6 is 27.3 Å². The highest BCUT2D eigenvalue weighted by molar-refractivity contribution is 9.10. The van der Waals surface area contributed by atoms with Crippen LogP contribution in [0.5, 0.6) is 0 Å². The van der Waals surface area contributed by atoms with Crippen molar-refractivity contribution in [1.82, 2.24) is 4.98 Å². The van der Waals surface area contributed by atoms with E-state index in [0.717, 1.165) is 15.7 Å². The minimum atomic E-state index is -3.47. The Bertz CT molecular complexity index is 1000. The standard InChI is InChI=1S/C18H15BrN2O3S2/c19-14-8-6-13(7-9-14)16-12-25-18(20-16)21-17(22)10-11-26(23,24)15-4-2-1-3-5-15/h1-9,12H,10-11H2,(H,20,21,22). The molecule has 3 aromatic rings. The van der Waals surface area contributed by atoms with E-state index in [1.165, 1.54) is 23.5 Å². The molecule has 1 N–H and O–H groups in total. The van der Waals surface area contributed by atoms with Crippen LogP contribution in [0.3, 0.4) is 0 Å². The molecule has 1 amide bonds. The Kier molecular flexibility index (Phi) is 5.85. The molecule has 1 heterocycles. The lowest BCUT2D eigenvalue weighted by molar-refractivity contribution is -0.115. The second-order valence-electron chi connectivity index (χ2n) is 5.47. The number of carbonyl (C=O) groups is 1. The molecule has 5 nitrogen and oxygen atoms in total. The molecule has 0 aliphatic carbocycles. The molecule has 26 heavy (non-hydrogen) atoms. The number of hydrogen-bond donors (Lipinski definition) is 1. The number of anilines is 1. The normalized spacial score (nSPS) is 11.3. The van der Waals surface area contributed by atoms with Gasteiger partial charge in [0.25, 0.3) is 0 Å². The minimum Gasteiger partial charge on any atom is -0.302 e. The molecule has 8 heteroatoms. The van der Waals surface area contributed by atoms with Gasteiger partial charge in [0, 0.05) is 21.8 Å². The monoisotopic (exact) mass is 450 g/mol. The second-order valence-corrected chi connectivity index (χ2v) is 9.36. The van der Waals surface area contributed by atoms with Gasteiger partial charge in [-0.25, -0.2) is 13.4 Å². The van der Waals surface area contributed by atoms with Gasteiger partial charge >= 0.3 is 0 Å². The fraction of sp³-hybridized carbons (Fsp3) is 0.111. The molecule has 0 bridgehead atoms. The van der Waals surface area contributed by atoms with Crippen molar-refractivity contribution in [3.8, 4) is 11.3 Å². The summed E-state index contributed by atoms with van der Waals surface area (Å²) in [7, 11) is -3.47. The maximum Gasteiger partial charge on any atom is 0.227 e. The first-order chi connectivity index (χ1) is 12.4. The van der Waals surface area contributed by atoms with Crippen LogP contribution in [-0.4, -0.2) is 25.1 Å². The molecule has 0 fully saturated rings. The summed E-state index contributed by atoms with van der Waals surface area (Å²) in [6.45, 7) is 0. The zero-order valence-corrected chi connectivity index (χ0v) is 16.8. The van der Waals surface area contributed by atoms with Gasteiger partial charge in [0.2, 0.25) is 5.91 Å². The Balaban J connectivity index is 1.60. The van der Waals surface area contributed by atoms with E-state index < -0.39 is 9.84 Å². The van der Waals surface area contributed by atoms with Crippen molar-refractivity contribution >= 4 is 48.1 Å². The molecule has 0 aliphatic heterocycles. The molecule has 0 aliphatic rings. The number of thiazole rings is 1. The van der Waals surface area contributed by atoms with E-state index in [0.29, 0.717) is 5.13 Å². The maximum atomic E-state index is 12.2. The highest BCUT2D eigenvalue weighted by Gasteiger charge is 2.16. The van der Waals surface area contributed by atoms with Gasteiger partial charge in [-0.05, 0) is 24.3 Å². The van der Waals surface area contributed by atoms with Crippen LogP contribution in [0.4, 0.5) is 5.13 Å². The molecule has 1 aromatic heterocycles. The number of nitrogens with one attached hydrogen (secondary N) is 1. The van der Waals surface area contributed by atoms with Crippen molar-refractivity contribution < 1.29 is 13.2 Å². The van der Waals surface area contributed by atoms with Gasteiger partial charge in [-0.15, -0.1) is 11.3 Å². The van der Waals surface area contributed by atoms with Crippen molar-refractivity contribution in [2.45, 2.75) is 11.3 Å². The number of nitrogens with zero attached hydrogens (tertiary/aromatic N) is 1. The third kappa shape index (κ3) is 4.78. The predicted molar refractivity (Wildman–Crippen MR) is 107 cm³/mol. The number of aromatic nitrogens is 1. The molecular weight excluding hydrogens is 436 g/mol. The molecule has 3 rings (SSSR count). The van der Waals surface area contributed by atoms with E-state index in [-0.39, 0.29) is 23.0 Å². The first kappa shape index (κ1) is 18.8. The first-order valence-corrected chi connectivity index (χ1v) is 11.1. The highest BCUT2D eigenvalue weighted by atomic mass is 79.9. The van der Waals surface area contributed by atoms with Crippen LogP contribution in [0, 0.1) is 0 Å². The van der Waals surface area contributed by atoms with Crippen LogP contribution in [0.1, 0.15) is 6.42 Å². The van der Waals surface area contributed by atoms with Crippen molar-refractivity contribution in [2.75, 3.05) is 11.1 Å². The molecule has 134 valence electrons. The van der Waals surface area contributed by atoms with Crippen molar-refractivity contribution in [1.29, 1.82) is 0 Å². The summed E-state index contributed by atoms with van der Waals surface area (Å²) < 4.78 is 25.4. The molecule has 0 saturated heterocycles. The van der Waals surface area contributed by atoms with Gasteiger partial charge in [0.05, 0.1) is 16.3 Å². The zero-order valence-electron chi connectivity index (χ0n) is 13.6. The second kappa shape index (κ2) is 8.11. The van der Waals surface area contributed by atoms with Crippen LogP contribution in [0.2, 0.25) is 0 Å². The fourth-order valence-electron chi connectivity index (χ4n) is 2.24. The van der Waals surface area contributed by atoms with Crippen LogP contribution in [0.25, 0.3) is 11.3 Å². The van der Waals surface area contributed by atoms with E-state index in [1.54, 1.807) is 18.2 Å². The number of benzene rings is 2. The Labute approximate surface area is 164 Å². The first-order valence-electron chi connectivity index (χ1n) is 7.73. The minimum absolute atomic E-state index is 0.121. The van der Waals surface area contributed by atoms with Gasteiger partial charge in [0.1, 0.15) is 0 Å². The van der Waals surface area contributed by atoms with Crippen LogP contribution in [0.15, 0.2) is 69.3 Å². The summed E-state index contributed by atoms with van der Waals surface area (Å²) in [5.74, 6) is -0.616. The third-order valence-electron chi connectivity index (χ3n) is 3.59. The lowest BCUT2D eigenvalue weighted by Gasteiger charge is -2.04. The Morgan fingerprint density at radius 3 is 2.46 bits per heavy atom. The topological polar surface area (TPSA) is 76.1 Å². The molecule has 0 radical (unpaired) electrons. The van der Waals surface area contributed by atoms with Crippen LogP contribution in [-0.2, 0) is 14.6 Å². The fourth-order valence-corrected chi connectivity index (χ4v) is 4.50. The van der Waals surface area contributed by atoms with E-state index >= 15 is 0 Å². The highest BCUT2D eigenvalue weighted by Crippen LogP contribution is 2.26. The van der Waals surface area contributed by atoms with Gasteiger partial charge in [0.15, 0.2) is 15.0 Å². The quantitative estimate of drug-likeness (QED) is 0.604. The molecule has 0 spiro atoms. The summed E-state index contributed by atoms with van der Waals surface area (Å²) in [5.41, 5.74) is 1.70. The lowest BCUT2D eigenvalue weighted by Crippen LogP contribution is -2.17. The molecule has 0 unspecified atom stereocenters. The molecular formula is C18H15BrN2O3S2. The summed E-state index contributed by atoms with van der Waals surface area (Å²) in [5, 5.41) is 4.96.